The normalized spacial score (nSPS) is 10.7. The van der Waals surface area contributed by atoms with Crippen molar-refractivity contribution in [2.75, 3.05) is 20.3 Å². The highest BCUT2D eigenvalue weighted by molar-refractivity contribution is 9.10. The molecule has 1 unspecified atom stereocenters. The van der Waals surface area contributed by atoms with Crippen molar-refractivity contribution in [1.82, 2.24) is 9.97 Å². The van der Waals surface area contributed by atoms with Crippen LogP contribution in [-0.4, -0.2) is 53.3 Å². The first-order valence-electron chi connectivity index (χ1n) is 9.46. The van der Waals surface area contributed by atoms with E-state index in [1.54, 1.807) is 19.9 Å². The molecule has 0 saturated heterocycles. The van der Waals surface area contributed by atoms with Gasteiger partial charge in [0.15, 0.2) is 5.92 Å². The minimum Gasteiger partial charge on any atom is -0.465 e. The van der Waals surface area contributed by atoms with Gasteiger partial charge in [-0.15, -0.1) is 0 Å². The summed E-state index contributed by atoms with van der Waals surface area (Å²) in [6, 6.07) is 4.85. The average molecular weight is 587 g/mol. The second kappa shape index (κ2) is 14.3. The molecule has 0 bridgehead atoms. The van der Waals surface area contributed by atoms with Gasteiger partial charge in [-0.2, -0.15) is 5.26 Å². The molecule has 12 heteroatoms. The molecule has 0 spiro atoms. The molecule has 10 nitrogen and oxygen atoms in total. The molecule has 2 heterocycles. The Kier molecular flexibility index (Phi) is 12.2. The number of halogens is 2. The highest BCUT2D eigenvalue weighted by atomic mass is 79.9. The van der Waals surface area contributed by atoms with Crippen molar-refractivity contribution in [1.29, 1.82) is 5.26 Å². The number of nitriles is 1. The van der Waals surface area contributed by atoms with E-state index in [-0.39, 0.29) is 24.5 Å². The van der Waals surface area contributed by atoms with Gasteiger partial charge in [0.1, 0.15) is 0 Å². The predicted molar refractivity (Wildman–Crippen MR) is 122 cm³/mol. The molecule has 0 aliphatic carbocycles. The number of rotatable bonds is 7. The fourth-order valence-corrected chi connectivity index (χ4v) is 3.30. The number of carbonyl (C=O) groups excluding carboxylic acids is 3. The summed E-state index contributed by atoms with van der Waals surface area (Å²) in [4.78, 5) is 42.0. The van der Waals surface area contributed by atoms with Crippen molar-refractivity contribution >= 4 is 49.8 Å². The molecular weight excluding hydrogens is 566 g/mol. The van der Waals surface area contributed by atoms with Gasteiger partial charge in [-0.05, 0) is 57.8 Å². The molecule has 2 aromatic rings. The summed E-state index contributed by atoms with van der Waals surface area (Å²) in [6.45, 7) is 3.73. The number of nitrogens with zero attached hydrogens (tertiary/aromatic N) is 3. The Balaban J connectivity index is 0.000000346. The van der Waals surface area contributed by atoms with Gasteiger partial charge in [0.2, 0.25) is 0 Å². The van der Waals surface area contributed by atoms with Crippen molar-refractivity contribution < 1.29 is 33.7 Å². The van der Waals surface area contributed by atoms with Crippen molar-refractivity contribution in [2.45, 2.75) is 26.4 Å². The van der Waals surface area contributed by atoms with Gasteiger partial charge in [-0.3, -0.25) is 14.8 Å². The third kappa shape index (κ3) is 8.20. The predicted octanol–water partition coefficient (Wildman–Crippen LogP) is 3.31. The Morgan fingerprint density at radius 1 is 1.03 bits per heavy atom. The van der Waals surface area contributed by atoms with Crippen LogP contribution < -0.4 is 0 Å². The molecule has 0 aromatic carbocycles. The molecule has 0 saturated carbocycles. The van der Waals surface area contributed by atoms with E-state index in [4.69, 9.17) is 19.8 Å². The topological polar surface area (TPSA) is 149 Å². The number of carbonyl (C=O) groups is 3. The average Bonchev–Trinajstić information content (AvgIpc) is 2.80. The van der Waals surface area contributed by atoms with Crippen LogP contribution in [0.2, 0.25) is 0 Å². The van der Waals surface area contributed by atoms with E-state index in [2.05, 4.69) is 46.6 Å². The van der Waals surface area contributed by atoms with Crippen LogP contribution in [0.25, 0.3) is 0 Å². The summed E-state index contributed by atoms with van der Waals surface area (Å²) in [5.41, 5.74) is 1.29. The van der Waals surface area contributed by atoms with E-state index in [1.165, 1.54) is 25.6 Å². The summed E-state index contributed by atoms with van der Waals surface area (Å²) >= 11 is 6.37. The lowest BCUT2D eigenvalue weighted by Gasteiger charge is -2.10. The Bertz CT molecular complexity index is 1040. The second-order valence-corrected chi connectivity index (χ2v) is 7.64. The molecule has 33 heavy (non-hydrogen) atoms. The minimum atomic E-state index is -1.14. The van der Waals surface area contributed by atoms with Crippen LogP contribution in [-0.2, 0) is 25.6 Å². The number of hydrogen-bond donors (Lipinski definition) is 1. The maximum absolute atomic E-state index is 11.6. The standard InChI is InChI=1S/C12H11BrN2O4.C9H10BrNO3/c1-3-19-12(17)8(5-14)10-9(13)4-7(6-15-10)11(16)18-2;1-2-14-9(13)6-3-7(10)8(5-12)11-4-6/h4,6,8H,3H2,1-2H3;3-4,12H,2,5H2,1H3. The first kappa shape index (κ1) is 28.2. The van der Waals surface area contributed by atoms with E-state index >= 15 is 0 Å². The fourth-order valence-electron chi connectivity index (χ4n) is 2.25. The fraction of sp³-hybridized carbons (Fsp3) is 0.333. The van der Waals surface area contributed by atoms with Gasteiger partial charge >= 0.3 is 17.9 Å². The van der Waals surface area contributed by atoms with Gasteiger partial charge in [-0.25, -0.2) is 9.59 Å². The van der Waals surface area contributed by atoms with Gasteiger partial charge in [0, 0.05) is 21.3 Å². The molecule has 0 radical (unpaired) electrons. The lowest BCUT2D eigenvalue weighted by molar-refractivity contribution is -0.143. The number of aliphatic hydroxyl groups excluding tert-OH is 1. The van der Waals surface area contributed by atoms with E-state index in [1.807, 2.05) is 6.07 Å². The van der Waals surface area contributed by atoms with Gasteiger partial charge in [0.05, 0.1) is 55.5 Å². The number of hydrogen-bond acceptors (Lipinski definition) is 10. The first-order chi connectivity index (χ1) is 15.7. The zero-order chi connectivity index (χ0) is 25.0. The van der Waals surface area contributed by atoms with Crippen LogP contribution in [0.4, 0.5) is 0 Å². The summed E-state index contributed by atoms with van der Waals surface area (Å²) < 4.78 is 15.1. The van der Waals surface area contributed by atoms with Crippen LogP contribution in [0.15, 0.2) is 33.5 Å². The van der Waals surface area contributed by atoms with Crippen LogP contribution in [0, 0.1) is 11.3 Å². The molecule has 1 N–H and O–H groups in total. The third-order valence-corrected chi connectivity index (χ3v) is 5.12. The van der Waals surface area contributed by atoms with E-state index in [0.29, 0.717) is 26.8 Å². The number of pyridine rings is 2. The van der Waals surface area contributed by atoms with Crippen molar-refractivity contribution in [3.63, 3.8) is 0 Å². The van der Waals surface area contributed by atoms with Gasteiger partial charge < -0.3 is 19.3 Å². The monoisotopic (exact) mass is 585 g/mol. The molecule has 2 aromatic heterocycles. The van der Waals surface area contributed by atoms with Gasteiger partial charge in [0.25, 0.3) is 0 Å². The van der Waals surface area contributed by atoms with Gasteiger partial charge in [-0.1, -0.05) is 0 Å². The third-order valence-electron chi connectivity index (χ3n) is 3.79. The zero-order valence-corrected chi connectivity index (χ0v) is 21.2. The molecule has 2 rings (SSSR count). The van der Waals surface area contributed by atoms with E-state index in [9.17, 15) is 14.4 Å². The van der Waals surface area contributed by atoms with Crippen LogP contribution in [0.1, 0.15) is 51.9 Å². The maximum atomic E-state index is 11.6. The van der Waals surface area contributed by atoms with E-state index < -0.39 is 23.8 Å². The number of esters is 3. The van der Waals surface area contributed by atoms with E-state index in [0.717, 1.165) is 0 Å². The lowest BCUT2D eigenvalue weighted by atomic mass is 10.1. The minimum absolute atomic E-state index is 0.163. The summed E-state index contributed by atoms with van der Waals surface area (Å²) in [7, 11) is 1.25. The summed E-state index contributed by atoms with van der Waals surface area (Å²) in [5.74, 6) is -2.78. The molecule has 0 aliphatic rings. The van der Waals surface area contributed by atoms with Crippen molar-refractivity contribution in [3.05, 3.63) is 56.0 Å². The SMILES string of the molecule is CCOC(=O)C(C#N)c1ncc(C(=O)OC)cc1Br.CCOC(=O)c1cnc(CO)c(Br)c1. The molecule has 0 amide bonds. The van der Waals surface area contributed by atoms with Crippen LogP contribution in [0.3, 0.4) is 0 Å². The summed E-state index contributed by atoms with van der Waals surface area (Å²) in [5, 5.41) is 17.9. The maximum Gasteiger partial charge on any atom is 0.339 e. The Hall–Kier alpha value is -2.88. The first-order valence-corrected chi connectivity index (χ1v) is 11.0. The van der Waals surface area contributed by atoms with Crippen molar-refractivity contribution in [2.24, 2.45) is 0 Å². The smallest absolute Gasteiger partial charge is 0.339 e. The van der Waals surface area contributed by atoms with Crippen molar-refractivity contribution in [3.8, 4) is 6.07 Å². The lowest BCUT2D eigenvalue weighted by Crippen LogP contribution is -2.16. The number of aliphatic hydroxyl groups is 1. The Morgan fingerprint density at radius 2 is 1.61 bits per heavy atom. The van der Waals surface area contributed by atoms with Crippen LogP contribution >= 0.6 is 31.9 Å². The summed E-state index contributed by atoms with van der Waals surface area (Å²) in [6.07, 6.45) is 2.63. The molecule has 0 aliphatic heterocycles. The zero-order valence-electron chi connectivity index (χ0n) is 18.0. The number of methoxy groups -OCH3 is 1. The Morgan fingerprint density at radius 3 is 2.09 bits per heavy atom. The highest BCUT2D eigenvalue weighted by Gasteiger charge is 2.26. The number of ether oxygens (including phenoxy) is 3. The molecule has 176 valence electrons. The van der Waals surface area contributed by atoms with Crippen LogP contribution in [0.5, 0.6) is 0 Å². The largest absolute Gasteiger partial charge is 0.465 e. The highest BCUT2D eigenvalue weighted by Crippen LogP contribution is 2.25. The Labute approximate surface area is 207 Å². The second-order valence-electron chi connectivity index (χ2n) is 5.93. The molecular formula is C21H21Br2N3O7. The molecule has 1 atom stereocenters. The number of aromatic nitrogens is 2. The molecule has 0 fully saturated rings. The quantitative estimate of drug-likeness (QED) is 0.378.